The van der Waals surface area contributed by atoms with Gasteiger partial charge in [0.2, 0.25) is 0 Å². The van der Waals surface area contributed by atoms with Crippen molar-refractivity contribution in [1.82, 2.24) is 4.90 Å². The van der Waals surface area contributed by atoms with Crippen molar-refractivity contribution in [2.24, 2.45) is 0 Å². The summed E-state index contributed by atoms with van der Waals surface area (Å²) in [4.78, 5) is 16.1. The SMILES string of the molecule is CC/C(=C1\C(=O)N(Cc2ccc(OC)cc2)CCc2cc(OC)c(OC)cc21)c1ccccc1. The smallest absolute Gasteiger partial charge is 0.255 e. The summed E-state index contributed by atoms with van der Waals surface area (Å²) in [5.41, 5.74) is 5.88. The number of fused-ring (bicyclic) bond motifs is 1. The van der Waals surface area contributed by atoms with E-state index in [1.807, 2.05) is 59.5 Å². The van der Waals surface area contributed by atoms with Gasteiger partial charge in [0.25, 0.3) is 5.91 Å². The van der Waals surface area contributed by atoms with Crippen LogP contribution in [0.5, 0.6) is 17.2 Å². The molecule has 3 aromatic carbocycles. The molecule has 3 aromatic rings. The van der Waals surface area contributed by atoms with Gasteiger partial charge in [-0.1, -0.05) is 49.4 Å². The first-order chi connectivity index (χ1) is 16.6. The van der Waals surface area contributed by atoms with Crippen molar-refractivity contribution in [2.45, 2.75) is 26.3 Å². The minimum Gasteiger partial charge on any atom is -0.497 e. The average molecular weight is 458 g/mol. The molecule has 0 N–H and O–H groups in total. The van der Waals surface area contributed by atoms with Crippen molar-refractivity contribution in [1.29, 1.82) is 0 Å². The van der Waals surface area contributed by atoms with Gasteiger partial charge in [0, 0.05) is 13.1 Å². The molecule has 5 nitrogen and oxygen atoms in total. The molecule has 5 heteroatoms. The van der Waals surface area contributed by atoms with Crippen LogP contribution in [0.1, 0.15) is 35.6 Å². The van der Waals surface area contributed by atoms with Crippen molar-refractivity contribution in [3.05, 3.63) is 89.0 Å². The van der Waals surface area contributed by atoms with Crippen LogP contribution in [0.3, 0.4) is 0 Å². The first kappa shape index (κ1) is 23.4. The standard InChI is InChI=1S/C29H31NO4/c1-5-24(21-9-7-6-8-10-21)28-25-18-27(34-4)26(33-3)17-22(25)15-16-30(29(28)31)19-20-11-13-23(32-2)14-12-20/h6-14,17-18H,5,15-16,19H2,1-4H3/b28-24+. The molecular weight excluding hydrogens is 426 g/mol. The lowest BCUT2D eigenvalue weighted by atomic mass is 9.89. The van der Waals surface area contributed by atoms with E-state index in [0.29, 0.717) is 24.6 Å². The predicted molar refractivity (Wildman–Crippen MR) is 135 cm³/mol. The van der Waals surface area contributed by atoms with Gasteiger partial charge in [-0.05, 0) is 64.9 Å². The number of ether oxygens (including phenoxy) is 3. The van der Waals surface area contributed by atoms with Crippen molar-refractivity contribution in [3.63, 3.8) is 0 Å². The maximum atomic E-state index is 14.1. The summed E-state index contributed by atoms with van der Waals surface area (Å²) in [7, 11) is 4.92. The first-order valence-corrected chi connectivity index (χ1v) is 11.6. The molecule has 0 unspecified atom stereocenters. The van der Waals surface area contributed by atoms with E-state index in [2.05, 4.69) is 19.1 Å². The number of amides is 1. The minimum atomic E-state index is 0.0301. The Labute approximate surface area is 201 Å². The Morgan fingerprint density at radius 2 is 1.56 bits per heavy atom. The van der Waals surface area contributed by atoms with Gasteiger partial charge in [-0.2, -0.15) is 0 Å². The Hall–Kier alpha value is -3.73. The molecule has 1 aliphatic rings. The molecule has 0 saturated carbocycles. The van der Waals surface area contributed by atoms with Crippen LogP contribution in [0, 0.1) is 0 Å². The fraction of sp³-hybridized carbons (Fsp3) is 0.276. The molecule has 0 atom stereocenters. The molecule has 0 radical (unpaired) electrons. The molecule has 4 rings (SSSR count). The molecule has 0 fully saturated rings. The fourth-order valence-corrected chi connectivity index (χ4v) is 4.55. The molecule has 0 saturated heterocycles. The van der Waals surface area contributed by atoms with Gasteiger partial charge in [0.05, 0.1) is 26.9 Å². The highest BCUT2D eigenvalue weighted by molar-refractivity contribution is 6.27. The van der Waals surface area contributed by atoms with Gasteiger partial charge in [-0.3, -0.25) is 4.79 Å². The average Bonchev–Trinajstić information content (AvgIpc) is 3.01. The molecule has 176 valence electrons. The van der Waals surface area contributed by atoms with E-state index in [0.717, 1.165) is 52.0 Å². The molecule has 0 aliphatic carbocycles. The normalized spacial score (nSPS) is 14.8. The number of hydrogen-bond donors (Lipinski definition) is 0. The maximum absolute atomic E-state index is 14.1. The van der Waals surface area contributed by atoms with Crippen molar-refractivity contribution in [3.8, 4) is 17.2 Å². The number of methoxy groups -OCH3 is 3. The van der Waals surface area contributed by atoms with Crippen LogP contribution in [-0.2, 0) is 17.8 Å². The summed E-state index contributed by atoms with van der Waals surface area (Å²) in [6, 6.07) is 22.0. The van der Waals surface area contributed by atoms with E-state index in [4.69, 9.17) is 14.2 Å². The van der Waals surface area contributed by atoms with Crippen LogP contribution in [0.15, 0.2) is 66.7 Å². The second-order valence-corrected chi connectivity index (χ2v) is 8.26. The van der Waals surface area contributed by atoms with E-state index in [1.165, 1.54) is 0 Å². The monoisotopic (exact) mass is 457 g/mol. The van der Waals surface area contributed by atoms with Crippen molar-refractivity contribution < 1.29 is 19.0 Å². The van der Waals surface area contributed by atoms with Gasteiger partial charge < -0.3 is 19.1 Å². The summed E-state index contributed by atoms with van der Waals surface area (Å²) in [6.45, 7) is 3.24. The van der Waals surface area contributed by atoms with Crippen LogP contribution >= 0.6 is 0 Å². The van der Waals surface area contributed by atoms with E-state index in [-0.39, 0.29) is 5.91 Å². The Balaban J connectivity index is 1.86. The van der Waals surface area contributed by atoms with Gasteiger partial charge >= 0.3 is 0 Å². The largest absolute Gasteiger partial charge is 0.497 e. The maximum Gasteiger partial charge on any atom is 0.255 e. The van der Waals surface area contributed by atoms with Crippen molar-refractivity contribution in [2.75, 3.05) is 27.9 Å². The number of benzene rings is 3. The third kappa shape index (κ3) is 4.65. The van der Waals surface area contributed by atoms with Crippen LogP contribution in [0.25, 0.3) is 11.1 Å². The Kier molecular flexibility index (Phi) is 7.21. The highest BCUT2D eigenvalue weighted by Gasteiger charge is 2.30. The van der Waals surface area contributed by atoms with E-state index >= 15 is 0 Å². The van der Waals surface area contributed by atoms with Crippen LogP contribution < -0.4 is 14.2 Å². The molecule has 1 aliphatic heterocycles. The molecule has 0 spiro atoms. The number of rotatable bonds is 7. The zero-order valence-electron chi connectivity index (χ0n) is 20.3. The quantitative estimate of drug-likeness (QED) is 0.432. The fourth-order valence-electron chi connectivity index (χ4n) is 4.55. The Bertz CT molecular complexity index is 1180. The number of hydrogen-bond acceptors (Lipinski definition) is 4. The van der Waals surface area contributed by atoms with Crippen LogP contribution in [0.4, 0.5) is 0 Å². The number of carbonyl (C=O) groups excluding carboxylic acids is 1. The second kappa shape index (κ2) is 10.5. The summed E-state index contributed by atoms with van der Waals surface area (Å²) in [5, 5.41) is 0. The third-order valence-electron chi connectivity index (χ3n) is 6.34. The van der Waals surface area contributed by atoms with E-state index in [9.17, 15) is 4.79 Å². The van der Waals surface area contributed by atoms with Gasteiger partial charge in [-0.25, -0.2) is 0 Å². The van der Waals surface area contributed by atoms with E-state index in [1.54, 1.807) is 21.3 Å². The molecular formula is C29H31NO4. The molecule has 34 heavy (non-hydrogen) atoms. The lowest BCUT2D eigenvalue weighted by molar-refractivity contribution is -0.125. The first-order valence-electron chi connectivity index (χ1n) is 11.6. The van der Waals surface area contributed by atoms with Gasteiger partial charge in [-0.15, -0.1) is 0 Å². The van der Waals surface area contributed by atoms with Gasteiger partial charge in [0.1, 0.15) is 5.75 Å². The number of nitrogens with zero attached hydrogens (tertiary/aromatic N) is 1. The van der Waals surface area contributed by atoms with E-state index < -0.39 is 0 Å². The third-order valence-corrected chi connectivity index (χ3v) is 6.34. The highest BCUT2D eigenvalue weighted by Crippen LogP contribution is 2.40. The zero-order valence-corrected chi connectivity index (χ0v) is 20.3. The van der Waals surface area contributed by atoms with Crippen molar-refractivity contribution >= 4 is 17.1 Å². The molecule has 0 aromatic heterocycles. The lowest BCUT2D eigenvalue weighted by Crippen LogP contribution is -2.31. The highest BCUT2D eigenvalue weighted by atomic mass is 16.5. The molecule has 0 bridgehead atoms. The predicted octanol–water partition coefficient (Wildman–Crippen LogP) is 5.62. The topological polar surface area (TPSA) is 48.0 Å². The summed E-state index contributed by atoms with van der Waals surface area (Å²) < 4.78 is 16.5. The summed E-state index contributed by atoms with van der Waals surface area (Å²) >= 11 is 0. The van der Waals surface area contributed by atoms with Gasteiger partial charge in [0.15, 0.2) is 11.5 Å². The Morgan fingerprint density at radius 3 is 2.18 bits per heavy atom. The van der Waals surface area contributed by atoms with Crippen LogP contribution in [0.2, 0.25) is 0 Å². The number of carbonyl (C=O) groups is 1. The zero-order chi connectivity index (χ0) is 24.1. The molecule has 1 heterocycles. The lowest BCUT2D eigenvalue weighted by Gasteiger charge is -2.23. The molecule has 1 amide bonds. The van der Waals surface area contributed by atoms with Crippen LogP contribution in [-0.4, -0.2) is 38.7 Å². The summed E-state index contributed by atoms with van der Waals surface area (Å²) in [5.74, 6) is 2.13. The number of allylic oxidation sites excluding steroid dienone is 1. The minimum absolute atomic E-state index is 0.0301. The Morgan fingerprint density at radius 1 is 0.882 bits per heavy atom. The summed E-state index contributed by atoms with van der Waals surface area (Å²) in [6.07, 6.45) is 1.46. The second-order valence-electron chi connectivity index (χ2n) is 8.26.